The highest BCUT2D eigenvalue weighted by Crippen LogP contribution is 2.06. The number of rotatable bonds is 7. The van der Waals surface area contributed by atoms with Crippen LogP contribution in [-0.4, -0.2) is 43.1 Å². The lowest BCUT2D eigenvalue weighted by molar-refractivity contribution is 0.463. The third-order valence-electron chi connectivity index (χ3n) is 2.54. The van der Waals surface area contributed by atoms with E-state index in [1.54, 1.807) is 19.4 Å². The molecule has 0 amide bonds. The van der Waals surface area contributed by atoms with Gasteiger partial charge in [-0.05, 0) is 17.7 Å². The molecule has 0 saturated heterocycles. The van der Waals surface area contributed by atoms with Gasteiger partial charge >= 0.3 is 0 Å². The quantitative estimate of drug-likeness (QED) is 0.798. The minimum absolute atomic E-state index is 0.118. The van der Waals surface area contributed by atoms with E-state index in [4.69, 9.17) is 0 Å². The minimum Gasteiger partial charge on any atom is -0.313 e. The fourth-order valence-corrected chi connectivity index (χ4v) is 2.51. The normalized spacial score (nSPS) is 12.3. The van der Waals surface area contributed by atoms with Crippen molar-refractivity contribution >= 4 is 10.0 Å². The standard InChI is InChI=1S/C12H21N3O2S/c1-11(2)14-8-9-18(16,17)15(3)10-12-4-6-13-7-5-12/h4-7,11,14H,8-10H2,1-3H3. The number of nitrogens with zero attached hydrogens (tertiary/aromatic N) is 2. The number of aromatic nitrogens is 1. The summed E-state index contributed by atoms with van der Waals surface area (Å²) in [6, 6.07) is 3.93. The van der Waals surface area contributed by atoms with Crippen LogP contribution >= 0.6 is 0 Å². The lowest BCUT2D eigenvalue weighted by Gasteiger charge is -2.17. The molecule has 102 valence electrons. The molecule has 1 rings (SSSR count). The summed E-state index contributed by atoms with van der Waals surface area (Å²) in [7, 11) is -1.60. The van der Waals surface area contributed by atoms with Crippen molar-refractivity contribution in [2.75, 3.05) is 19.3 Å². The highest BCUT2D eigenvalue weighted by atomic mass is 32.2. The molecule has 0 fully saturated rings. The lowest BCUT2D eigenvalue weighted by Crippen LogP contribution is -2.35. The van der Waals surface area contributed by atoms with E-state index in [1.807, 2.05) is 26.0 Å². The van der Waals surface area contributed by atoms with Crippen molar-refractivity contribution in [1.82, 2.24) is 14.6 Å². The molecule has 0 radical (unpaired) electrons. The summed E-state index contributed by atoms with van der Waals surface area (Å²) in [4.78, 5) is 3.91. The fourth-order valence-electron chi connectivity index (χ4n) is 1.48. The number of pyridine rings is 1. The van der Waals surface area contributed by atoms with Gasteiger partial charge in [0.2, 0.25) is 10.0 Å². The van der Waals surface area contributed by atoms with Gasteiger partial charge in [-0.2, -0.15) is 0 Å². The van der Waals surface area contributed by atoms with Crippen LogP contribution in [0.5, 0.6) is 0 Å². The van der Waals surface area contributed by atoms with Crippen molar-refractivity contribution < 1.29 is 8.42 Å². The molecule has 0 spiro atoms. The molecule has 5 nitrogen and oxygen atoms in total. The summed E-state index contributed by atoms with van der Waals surface area (Å²) in [6.07, 6.45) is 3.33. The van der Waals surface area contributed by atoms with Gasteiger partial charge in [0.1, 0.15) is 0 Å². The van der Waals surface area contributed by atoms with Gasteiger partial charge in [-0.1, -0.05) is 13.8 Å². The molecule has 0 atom stereocenters. The maximum Gasteiger partial charge on any atom is 0.215 e. The Labute approximate surface area is 109 Å². The second-order valence-corrected chi connectivity index (χ2v) is 6.73. The maximum atomic E-state index is 12.0. The van der Waals surface area contributed by atoms with Crippen molar-refractivity contribution in [2.45, 2.75) is 26.4 Å². The summed E-state index contributed by atoms with van der Waals surface area (Å²) in [5.41, 5.74) is 0.938. The van der Waals surface area contributed by atoms with E-state index in [1.165, 1.54) is 4.31 Å². The third-order valence-corrected chi connectivity index (χ3v) is 4.34. The molecule has 1 aromatic heterocycles. The molecule has 0 aliphatic carbocycles. The Morgan fingerprint density at radius 1 is 1.33 bits per heavy atom. The molecule has 6 heteroatoms. The third kappa shape index (κ3) is 5.12. The Balaban J connectivity index is 2.52. The van der Waals surface area contributed by atoms with Gasteiger partial charge < -0.3 is 5.32 Å². The molecular formula is C12H21N3O2S. The predicted octanol–water partition coefficient (Wildman–Crippen LogP) is 0.841. The van der Waals surface area contributed by atoms with E-state index in [0.717, 1.165) is 5.56 Å². The molecular weight excluding hydrogens is 250 g/mol. The first-order valence-corrected chi connectivity index (χ1v) is 7.59. The first-order chi connectivity index (χ1) is 8.42. The van der Waals surface area contributed by atoms with Crippen molar-refractivity contribution in [3.05, 3.63) is 30.1 Å². The molecule has 0 aliphatic heterocycles. The summed E-state index contributed by atoms with van der Waals surface area (Å²) < 4.78 is 25.4. The monoisotopic (exact) mass is 271 g/mol. The Bertz CT molecular complexity index is 446. The van der Waals surface area contributed by atoms with Crippen LogP contribution in [0.1, 0.15) is 19.4 Å². The first-order valence-electron chi connectivity index (χ1n) is 5.98. The van der Waals surface area contributed by atoms with Gasteiger partial charge in [0.25, 0.3) is 0 Å². The SMILES string of the molecule is CC(C)NCCS(=O)(=O)N(C)Cc1ccncc1. The zero-order valence-corrected chi connectivity index (χ0v) is 11.9. The van der Waals surface area contributed by atoms with E-state index < -0.39 is 10.0 Å². The van der Waals surface area contributed by atoms with Crippen LogP contribution in [-0.2, 0) is 16.6 Å². The maximum absolute atomic E-state index is 12.0. The number of hydrogen-bond donors (Lipinski definition) is 1. The molecule has 1 aromatic rings. The topological polar surface area (TPSA) is 62.3 Å². The van der Waals surface area contributed by atoms with Crippen LogP contribution in [0.15, 0.2) is 24.5 Å². The second-order valence-electron chi connectivity index (χ2n) is 4.54. The van der Waals surface area contributed by atoms with Gasteiger partial charge in [0.05, 0.1) is 5.75 Å². The summed E-state index contributed by atoms with van der Waals surface area (Å²) in [6.45, 7) is 4.84. The van der Waals surface area contributed by atoms with E-state index in [-0.39, 0.29) is 5.75 Å². The van der Waals surface area contributed by atoms with Crippen LogP contribution in [0, 0.1) is 0 Å². The molecule has 0 aliphatic rings. The van der Waals surface area contributed by atoms with Gasteiger partial charge in [0.15, 0.2) is 0 Å². The van der Waals surface area contributed by atoms with Crippen LogP contribution in [0.25, 0.3) is 0 Å². The smallest absolute Gasteiger partial charge is 0.215 e. The van der Waals surface area contributed by atoms with E-state index in [0.29, 0.717) is 19.1 Å². The zero-order valence-electron chi connectivity index (χ0n) is 11.1. The molecule has 0 saturated carbocycles. The average Bonchev–Trinajstić information content (AvgIpc) is 2.29. The molecule has 0 bridgehead atoms. The van der Waals surface area contributed by atoms with Crippen LogP contribution < -0.4 is 5.32 Å². The molecule has 0 unspecified atom stereocenters. The average molecular weight is 271 g/mol. The summed E-state index contributed by atoms with van der Waals surface area (Å²) in [5.74, 6) is 0.118. The largest absolute Gasteiger partial charge is 0.313 e. The highest BCUT2D eigenvalue weighted by molar-refractivity contribution is 7.89. The van der Waals surface area contributed by atoms with Crippen molar-refractivity contribution in [1.29, 1.82) is 0 Å². The van der Waals surface area contributed by atoms with Crippen molar-refractivity contribution in [2.24, 2.45) is 0 Å². The van der Waals surface area contributed by atoms with Gasteiger partial charge in [0, 0.05) is 38.6 Å². The predicted molar refractivity (Wildman–Crippen MR) is 72.6 cm³/mol. The Hall–Kier alpha value is -0.980. The number of nitrogens with one attached hydrogen (secondary N) is 1. The van der Waals surface area contributed by atoms with Gasteiger partial charge in [-0.3, -0.25) is 4.98 Å². The van der Waals surface area contributed by atoms with Crippen molar-refractivity contribution in [3.63, 3.8) is 0 Å². The van der Waals surface area contributed by atoms with Gasteiger partial charge in [-0.25, -0.2) is 12.7 Å². The van der Waals surface area contributed by atoms with Gasteiger partial charge in [-0.15, -0.1) is 0 Å². The van der Waals surface area contributed by atoms with E-state index >= 15 is 0 Å². The van der Waals surface area contributed by atoms with Crippen LogP contribution in [0.4, 0.5) is 0 Å². The Kier molecular flexibility index (Phi) is 5.71. The minimum atomic E-state index is -3.20. The summed E-state index contributed by atoms with van der Waals surface area (Å²) >= 11 is 0. The van der Waals surface area contributed by atoms with E-state index in [2.05, 4.69) is 10.3 Å². The van der Waals surface area contributed by atoms with Crippen LogP contribution in [0.3, 0.4) is 0 Å². The van der Waals surface area contributed by atoms with E-state index in [9.17, 15) is 8.42 Å². The highest BCUT2D eigenvalue weighted by Gasteiger charge is 2.17. The second kappa shape index (κ2) is 6.82. The molecule has 18 heavy (non-hydrogen) atoms. The number of hydrogen-bond acceptors (Lipinski definition) is 4. The lowest BCUT2D eigenvalue weighted by atomic mass is 10.3. The zero-order chi connectivity index (χ0) is 13.6. The Morgan fingerprint density at radius 2 is 1.94 bits per heavy atom. The molecule has 1 heterocycles. The van der Waals surface area contributed by atoms with Crippen LogP contribution in [0.2, 0.25) is 0 Å². The Morgan fingerprint density at radius 3 is 2.50 bits per heavy atom. The first kappa shape index (κ1) is 15.1. The van der Waals surface area contributed by atoms with Crippen molar-refractivity contribution in [3.8, 4) is 0 Å². The number of sulfonamides is 1. The molecule has 0 aromatic carbocycles. The molecule has 1 N–H and O–H groups in total. The summed E-state index contributed by atoms with van der Waals surface area (Å²) in [5, 5.41) is 3.10. The fraction of sp³-hybridized carbons (Fsp3) is 0.583.